The molecule has 3 nitrogen and oxygen atoms in total. The first-order valence-electron chi connectivity index (χ1n) is 5.99. The maximum Gasteiger partial charge on any atom is 0.213 e. The lowest BCUT2D eigenvalue weighted by molar-refractivity contribution is 0.197. The smallest absolute Gasteiger partial charge is 0.213 e. The van der Waals surface area contributed by atoms with E-state index in [0.29, 0.717) is 12.5 Å². The van der Waals surface area contributed by atoms with E-state index in [1.165, 1.54) is 0 Å². The predicted octanol–water partition coefficient (Wildman–Crippen LogP) is 3.02. The summed E-state index contributed by atoms with van der Waals surface area (Å²) in [5, 5.41) is 9.52. The number of aromatic nitrogens is 1. The van der Waals surface area contributed by atoms with E-state index in [2.05, 4.69) is 4.98 Å². The highest BCUT2D eigenvalue weighted by atomic mass is 16.5. The second kappa shape index (κ2) is 5.65. The summed E-state index contributed by atoms with van der Waals surface area (Å²) in [6.45, 7) is 4.10. The van der Waals surface area contributed by atoms with Crippen molar-refractivity contribution >= 4 is 0 Å². The Balaban J connectivity index is 2.05. The number of aliphatic hydroxyl groups excluding tert-OH is 1. The molecule has 1 N–H and O–H groups in total. The number of nitrogens with zero attached hydrogens (tertiary/aromatic N) is 1. The zero-order valence-corrected chi connectivity index (χ0v) is 10.6. The third-order valence-corrected chi connectivity index (χ3v) is 2.78. The Labute approximate surface area is 107 Å². The maximum absolute atomic E-state index is 9.52. The average molecular weight is 243 g/mol. The van der Waals surface area contributed by atoms with Crippen molar-refractivity contribution in [2.75, 3.05) is 0 Å². The first-order valence-corrected chi connectivity index (χ1v) is 5.99. The first-order chi connectivity index (χ1) is 8.66. The molecule has 0 unspecified atom stereocenters. The highest BCUT2D eigenvalue weighted by molar-refractivity contribution is 5.26. The highest BCUT2D eigenvalue weighted by Crippen LogP contribution is 2.19. The molecule has 0 fully saturated rings. The van der Waals surface area contributed by atoms with Crippen molar-refractivity contribution in [3.63, 3.8) is 0 Å². The third kappa shape index (κ3) is 3.08. The number of aryl methyl sites for hydroxylation is 1. The number of ether oxygens (including phenoxy) is 1. The summed E-state index contributed by atoms with van der Waals surface area (Å²) in [6.07, 6.45) is -0.499. The first kappa shape index (κ1) is 12.6. The van der Waals surface area contributed by atoms with E-state index >= 15 is 0 Å². The van der Waals surface area contributed by atoms with E-state index in [-0.39, 0.29) is 0 Å². The van der Waals surface area contributed by atoms with Gasteiger partial charge in [-0.2, -0.15) is 0 Å². The van der Waals surface area contributed by atoms with Gasteiger partial charge in [-0.1, -0.05) is 30.3 Å². The van der Waals surface area contributed by atoms with Crippen LogP contribution in [0.1, 0.15) is 29.8 Å². The van der Waals surface area contributed by atoms with Crippen LogP contribution in [0.4, 0.5) is 0 Å². The van der Waals surface area contributed by atoms with Crippen LogP contribution < -0.4 is 4.74 Å². The highest BCUT2D eigenvalue weighted by Gasteiger charge is 2.07. The third-order valence-electron chi connectivity index (χ3n) is 2.78. The second-order valence-corrected chi connectivity index (χ2v) is 4.27. The molecule has 0 radical (unpaired) electrons. The molecular formula is C15H17NO2. The lowest BCUT2D eigenvalue weighted by Crippen LogP contribution is -2.01. The number of aliphatic hydroxyl groups is 1. The predicted molar refractivity (Wildman–Crippen MR) is 70.4 cm³/mol. The zero-order chi connectivity index (χ0) is 13.0. The number of hydrogen-bond donors (Lipinski definition) is 1. The van der Waals surface area contributed by atoms with Gasteiger partial charge >= 0.3 is 0 Å². The minimum atomic E-state index is -0.499. The normalized spacial score (nSPS) is 12.2. The fourth-order valence-electron chi connectivity index (χ4n) is 1.80. The van der Waals surface area contributed by atoms with Crippen molar-refractivity contribution in [1.29, 1.82) is 0 Å². The van der Waals surface area contributed by atoms with Crippen LogP contribution in [0.5, 0.6) is 5.88 Å². The molecule has 94 valence electrons. The van der Waals surface area contributed by atoms with Gasteiger partial charge in [0.25, 0.3) is 0 Å². The molecule has 18 heavy (non-hydrogen) atoms. The fourth-order valence-corrected chi connectivity index (χ4v) is 1.80. The van der Waals surface area contributed by atoms with Crippen LogP contribution in [0.3, 0.4) is 0 Å². The molecule has 0 aliphatic heterocycles. The van der Waals surface area contributed by atoms with Gasteiger partial charge in [0, 0.05) is 17.3 Å². The van der Waals surface area contributed by atoms with Crippen LogP contribution in [0, 0.1) is 6.92 Å². The molecule has 0 saturated carbocycles. The topological polar surface area (TPSA) is 42.4 Å². The minimum Gasteiger partial charge on any atom is -0.473 e. The molecule has 3 heteroatoms. The molecule has 0 aliphatic rings. The van der Waals surface area contributed by atoms with E-state index < -0.39 is 6.10 Å². The molecule has 2 aromatic rings. The quantitative estimate of drug-likeness (QED) is 0.897. The van der Waals surface area contributed by atoms with Gasteiger partial charge in [0.2, 0.25) is 5.88 Å². The van der Waals surface area contributed by atoms with Crippen LogP contribution in [0.2, 0.25) is 0 Å². The van der Waals surface area contributed by atoms with Gasteiger partial charge in [-0.3, -0.25) is 0 Å². The van der Waals surface area contributed by atoms with E-state index in [0.717, 1.165) is 16.8 Å². The standard InChI is InChI=1S/C15H17NO2/c1-11-14(12(2)17)8-9-15(16-11)18-10-13-6-4-3-5-7-13/h3-9,12,17H,10H2,1-2H3/t12-/m1/s1. The number of hydrogen-bond acceptors (Lipinski definition) is 3. The molecule has 0 spiro atoms. The summed E-state index contributed by atoms with van der Waals surface area (Å²) in [5.74, 6) is 0.584. The molecule has 1 aromatic heterocycles. The van der Waals surface area contributed by atoms with E-state index in [1.807, 2.05) is 43.3 Å². The van der Waals surface area contributed by atoms with Crippen molar-refractivity contribution < 1.29 is 9.84 Å². The van der Waals surface area contributed by atoms with Gasteiger partial charge in [-0.25, -0.2) is 4.98 Å². The van der Waals surface area contributed by atoms with Crippen LogP contribution in [-0.2, 0) is 6.61 Å². The van der Waals surface area contributed by atoms with Gasteiger partial charge in [0.1, 0.15) is 6.61 Å². The van der Waals surface area contributed by atoms with Crippen LogP contribution >= 0.6 is 0 Å². The lowest BCUT2D eigenvalue weighted by Gasteiger charge is -2.10. The fraction of sp³-hybridized carbons (Fsp3) is 0.267. The number of pyridine rings is 1. The molecule has 0 bridgehead atoms. The monoisotopic (exact) mass is 243 g/mol. The Morgan fingerprint density at radius 1 is 1.17 bits per heavy atom. The molecule has 0 aliphatic carbocycles. The van der Waals surface area contributed by atoms with Crippen LogP contribution in [0.25, 0.3) is 0 Å². The summed E-state index contributed by atoms with van der Waals surface area (Å²) in [5.41, 5.74) is 2.74. The van der Waals surface area contributed by atoms with E-state index in [4.69, 9.17) is 4.74 Å². The molecule has 0 saturated heterocycles. The van der Waals surface area contributed by atoms with Crippen molar-refractivity contribution in [3.05, 3.63) is 59.3 Å². The second-order valence-electron chi connectivity index (χ2n) is 4.27. The zero-order valence-electron chi connectivity index (χ0n) is 10.6. The Morgan fingerprint density at radius 2 is 1.89 bits per heavy atom. The van der Waals surface area contributed by atoms with Crippen molar-refractivity contribution in [2.24, 2.45) is 0 Å². The van der Waals surface area contributed by atoms with E-state index in [1.54, 1.807) is 13.0 Å². The number of benzene rings is 1. The van der Waals surface area contributed by atoms with Gasteiger partial charge < -0.3 is 9.84 Å². The maximum atomic E-state index is 9.52. The average Bonchev–Trinajstić information content (AvgIpc) is 2.37. The van der Waals surface area contributed by atoms with Crippen molar-refractivity contribution in [2.45, 2.75) is 26.6 Å². The molecule has 0 amide bonds. The summed E-state index contributed by atoms with van der Waals surface area (Å²) in [6, 6.07) is 13.6. The Kier molecular flexibility index (Phi) is 3.95. The molecule has 1 aromatic carbocycles. The van der Waals surface area contributed by atoms with Crippen molar-refractivity contribution in [1.82, 2.24) is 4.98 Å². The van der Waals surface area contributed by atoms with Crippen molar-refractivity contribution in [3.8, 4) is 5.88 Å². The van der Waals surface area contributed by atoms with Gasteiger partial charge in [0.05, 0.1) is 6.10 Å². The van der Waals surface area contributed by atoms with E-state index in [9.17, 15) is 5.11 Å². The summed E-state index contributed by atoms with van der Waals surface area (Å²) >= 11 is 0. The Bertz CT molecular complexity index is 509. The molecular weight excluding hydrogens is 226 g/mol. The summed E-state index contributed by atoms with van der Waals surface area (Å²) < 4.78 is 5.61. The molecule has 1 heterocycles. The van der Waals surface area contributed by atoms with Crippen LogP contribution in [0.15, 0.2) is 42.5 Å². The lowest BCUT2D eigenvalue weighted by atomic mass is 10.1. The Morgan fingerprint density at radius 3 is 2.50 bits per heavy atom. The minimum absolute atomic E-state index is 0.499. The number of rotatable bonds is 4. The van der Waals surface area contributed by atoms with Crippen LogP contribution in [-0.4, -0.2) is 10.1 Å². The van der Waals surface area contributed by atoms with Gasteiger partial charge in [-0.15, -0.1) is 0 Å². The molecule has 2 rings (SSSR count). The SMILES string of the molecule is Cc1nc(OCc2ccccc2)ccc1[C@@H](C)O. The largest absolute Gasteiger partial charge is 0.473 e. The van der Waals surface area contributed by atoms with Gasteiger partial charge in [0.15, 0.2) is 0 Å². The molecule has 1 atom stereocenters. The summed E-state index contributed by atoms with van der Waals surface area (Å²) in [4.78, 5) is 4.33. The summed E-state index contributed by atoms with van der Waals surface area (Å²) in [7, 11) is 0. The van der Waals surface area contributed by atoms with Gasteiger partial charge in [-0.05, 0) is 25.5 Å². The Hall–Kier alpha value is -1.87.